The smallest absolute Gasteiger partial charge is 0.0998 e. The Labute approximate surface area is 127 Å². The molecule has 0 fully saturated rings. The van der Waals surface area contributed by atoms with Crippen molar-refractivity contribution in [3.63, 3.8) is 0 Å². The Morgan fingerprint density at radius 3 is 2.05 bits per heavy atom. The highest BCUT2D eigenvalue weighted by atomic mass is 14.6. The summed E-state index contributed by atoms with van der Waals surface area (Å²) in [5.41, 5.74) is 12.0. The molecule has 0 saturated heterocycles. The van der Waals surface area contributed by atoms with Gasteiger partial charge < -0.3 is 5.73 Å². The van der Waals surface area contributed by atoms with Crippen LogP contribution in [0, 0.1) is 11.3 Å². The zero-order valence-electron chi connectivity index (χ0n) is 12.8. The maximum Gasteiger partial charge on any atom is 0.0998 e. The summed E-state index contributed by atoms with van der Waals surface area (Å²) in [7, 11) is 0. The highest BCUT2D eigenvalue weighted by Crippen LogP contribution is 2.31. The first kappa shape index (κ1) is 15.1. The predicted molar refractivity (Wildman–Crippen MR) is 89.0 cm³/mol. The van der Waals surface area contributed by atoms with Crippen LogP contribution >= 0.6 is 0 Å². The maximum atomic E-state index is 9.37. The second kappa shape index (κ2) is 6.95. The Hall–Kier alpha value is -2.27. The van der Waals surface area contributed by atoms with Gasteiger partial charge in [-0.1, -0.05) is 38.8 Å². The summed E-state index contributed by atoms with van der Waals surface area (Å²) >= 11 is 0. The number of hydrogen-bond acceptors (Lipinski definition) is 2. The van der Waals surface area contributed by atoms with Crippen LogP contribution in [0.1, 0.15) is 43.4 Å². The minimum atomic E-state index is 0.690. The minimum Gasteiger partial charge on any atom is -0.398 e. The fourth-order valence-electron chi connectivity index (χ4n) is 2.64. The molecule has 21 heavy (non-hydrogen) atoms. The van der Waals surface area contributed by atoms with Gasteiger partial charge in [-0.15, -0.1) is 0 Å². The number of rotatable bonds is 5. The van der Waals surface area contributed by atoms with E-state index in [9.17, 15) is 5.26 Å². The molecule has 0 aliphatic carbocycles. The van der Waals surface area contributed by atoms with Crippen LogP contribution in [-0.2, 0) is 12.8 Å². The van der Waals surface area contributed by atoms with E-state index in [2.05, 4.69) is 38.1 Å². The van der Waals surface area contributed by atoms with Crippen molar-refractivity contribution >= 4 is 5.69 Å². The minimum absolute atomic E-state index is 0.690. The van der Waals surface area contributed by atoms with Gasteiger partial charge in [-0.25, -0.2) is 0 Å². The van der Waals surface area contributed by atoms with Gasteiger partial charge >= 0.3 is 0 Å². The van der Waals surface area contributed by atoms with Crippen molar-refractivity contribution in [1.82, 2.24) is 0 Å². The molecule has 0 bridgehead atoms. The maximum absolute atomic E-state index is 9.37. The summed E-state index contributed by atoms with van der Waals surface area (Å²) in [6.45, 7) is 4.33. The molecular formula is C19H22N2. The van der Waals surface area contributed by atoms with Crippen LogP contribution in [0.5, 0.6) is 0 Å². The molecule has 0 amide bonds. The van der Waals surface area contributed by atoms with Crippen molar-refractivity contribution < 1.29 is 0 Å². The van der Waals surface area contributed by atoms with Crippen molar-refractivity contribution in [1.29, 1.82) is 5.26 Å². The van der Waals surface area contributed by atoms with Crippen LogP contribution in [0.25, 0.3) is 11.1 Å². The molecule has 2 aromatic carbocycles. The van der Waals surface area contributed by atoms with Gasteiger partial charge in [0.05, 0.1) is 11.6 Å². The molecule has 0 radical (unpaired) electrons. The molecule has 0 atom stereocenters. The zero-order valence-corrected chi connectivity index (χ0v) is 12.8. The van der Waals surface area contributed by atoms with E-state index in [-0.39, 0.29) is 0 Å². The molecule has 0 aromatic heterocycles. The quantitative estimate of drug-likeness (QED) is 0.805. The number of anilines is 1. The van der Waals surface area contributed by atoms with Gasteiger partial charge in [-0.05, 0) is 48.2 Å². The summed E-state index contributed by atoms with van der Waals surface area (Å²) in [6, 6.07) is 14.5. The van der Waals surface area contributed by atoms with Crippen LogP contribution in [0.15, 0.2) is 36.4 Å². The molecule has 0 unspecified atom stereocenters. The Bertz CT molecular complexity index is 666. The van der Waals surface area contributed by atoms with E-state index in [4.69, 9.17) is 5.73 Å². The lowest BCUT2D eigenvalue weighted by Crippen LogP contribution is -1.96. The van der Waals surface area contributed by atoms with Crippen LogP contribution in [-0.4, -0.2) is 0 Å². The summed E-state index contributed by atoms with van der Waals surface area (Å²) in [6.07, 6.45) is 4.25. The average Bonchev–Trinajstić information content (AvgIpc) is 2.50. The number of nitrogens with zero attached hydrogens (tertiary/aromatic N) is 1. The van der Waals surface area contributed by atoms with Crippen molar-refractivity contribution in [2.45, 2.75) is 39.5 Å². The van der Waals surface area contributed by atoms with Crippen molar-refractivity contribution in [2.75, 3.05) is 5.73 Å². The van der Waals surface area contributed by atoms with Crippen molar-refractivity contribution in [2.24, 2.45) is 0 Å². The SMILES string of the molecule is CCCc1ccc(N)c(-c2cc(CCC)ccc2C#N)c1. The van der Waals surface area contributed by atoms with Crippen LogP contribution in [0.2, 0.25) is 0 Å². The van der Waals surface area contributed by atoms with Gasteiger partial charge in [-0.3, -0.25) is 0 Å². The summed E-state index contributed by atoms with van der Waals surface area (Å²) < 4.78 is 0. The first-order chi connectivity index (χ1) is 10.2. The topological polar surface area (TPSA) is 49.8 Å². The molecular weight excluding hydrogens is 256 g/mol. The molecule has 0 heterocycles. The molecule has 2 N–H and O–H groups in total. The van der Waals surface area contributed by atoms with E-state index in [1.165, 1.54) is 11.1 Å². The third-order valence-corrected chi connectivity index (χ3v) is 3.69. The lowest BCUT2D eigenvalue weighted by Gasteiger charge is -2.12. The number of nitrogens with two attached hydrogens (primary N) is 1. The van der Waals surface area contributed by atoms with Gasteiger partial charge in [0.25, 0.3) is 0 Å². The van der Waals surface area contributed by atoms with Crippen molar-refractivity contribution in [3.8, 4) is 17.2 Å². The third-order valence-electron chi connectivity index (χ3n) is 3.69. The molecule has 108 valence electrons. The van der Waals surface area contributed by atoms with E-state index in [1.807, 2.05) is 18.2 Å². The highest BCUT2D eigenvalue weighted by Gasteiger charge is 2.10. The van der Waals surface area contributed by atoms with Gasteiger partial charge in [0, 0.05) is 16.8 Å². The monoisotopic (exact) mass is 278 g/mol. The van der Waals surface area contributed by atoms with Crippen LogP contribution < -0.4 is 5.73 Å². The number of nitrogen functional groups attached to an aromatic ring is 1. The molecule has 0 aliphatic rings. The Balaban J connectivity index is 2.56. The number of hydrogen-bond donors (Lipinski definition) is 1. The third kappa shape index (κ3) is 3.44. The van der Waals surface area contributed by atoms with E-state index < -0.39 is 0 Å². The Morgan fingerprint density at radius 1 is 0.905 bits per heavy atom. The number of nitriles is 1. The molecule has 2 nitrogen and oxygen atoms in total. The van der Waals surface area contributed by atoms with Crippen LogP contribution in [0.4, 0.5) is 5.69 Å². The average molecular weight is 278 g/mol. The number of benzene rings is 2. The first-order valence-electron chi connectivity index (χ1n) is 7.61. The molecule has 0 saturated carbocycles. The van der Waals surface area contributed by atoms with Gasteiger partial charge in [0.15, 0.2) is 0 Å². The molecule has 2 rings (SSSR count). The molecule has 0 spiro atoms. The Kier molecular flexibility index (Phi) is 5.00. The lowest BCUT2D eigenvalue weighted by molar-refractivity contribution is 0.920. The van der Waals surface area contributed by atoms with Gasteiger partial charge in [-0.2, -0.15) is 5.26 Å². The molecule has 0 aliphatic heterocycles. The van der Waals surface area contributed by atoms with E-state index in [0.29, 0.717) is 5.56 Å². The van der Waals surface area contributed by atoms with E-state index in [1.54, 1.807) is 0 Å². The molecule has 2 aromatic rings. The van der Waals surface area contributed by atoms with E-state index >= 15 is 0 Å². The fourth-order valence-corrected chi connectivity index (χ4v) is 2.64. The second-order valence-electron chi connectivity index (χ2n) is 5.41. The zero-order chi connectivity index (χ0) is 15.2. The second-order valence-corrected chi connectivity index (χ2v) is 5.41. The van der Waals surface area contributed by atoms with Crippen molar-refractivity contribution in [3.05, 3.63) is 53.1 Å². The highest BCUT2D eigenvalue weighted by molar-refractivity contribution is 5.81. The largest absolute Gasteiger partial charge is 0.398 e. The first-order valence-corrected chi connectivity index (χ1v) is 7.61. The summed E-state index contributed by atoms with van der Waals surface area (Å²) in [5, 5.41) is 9.37. The summed E-state index contributed by atoms with van der Waals surface area (Å²) in [5.74, 6) is 0. The lowest BCUT2D eigenvalue weighted by atomic mass is 9.93. The standard InChI is InChI=1S/C19H22N2/c1-3-5-14-7-9-16(13-20)17(11-14)18-12-15(6-4-2)8-10-19(18)21/h7-12H,3-6,21H2,1-2H3. The normalized spacial score (nSPS) is 10.3. The number of aryl methyl sites for hydroxylation is 2. The fraction of sp³-hybridized carbons (Fsp3) is 0.316. The Morgan fingerprint density at radius 2 is 1.48 bits per heavy atom. The van der Waals surface area contributed by atoms with Gasteiger partial charge in [0.1, 0.15) is 0 Å². The summed E-state index contributed by atoms with van der Waals surface area (Å²) in [4.78, 5) is 0. The van der Waals surface area contributed by atoms with Gasteiger partial charge in [0.2, 0.25) is 0 Å². The molecule has 2 heteroatoms. The van der Waals surface area contributed by atoms with E-state index in [0.717, 1.165) is 42.5 Å². The predicted octanol–water partition coefficient (Wildman–Crippen LogP) is 4.71. The van der Waals surface area contributed by atoms with Crippen LogP contribution in [0.3, 0.4) is 0 Å².